The van der Waals surface area contributed by atoms with Crippen LogP contribution in [-0.2, 0) is 18.9 Å². The minimum atomic E-state index is -0.705. The molecule has 0 bridgehead atoms. The molecule has 0 saturated carbocycles. The number of aliphatic hydroxyl groups excluding tert-OH is 1. The van der Waals surface area contributed by atoms with Gasteiger partial charge >= 0.3 is 0 Å². The third kappa shape index (κ3) is 3.63. The third-order valence-electron chi connectivity index (χ3n) is 2.90. The summed E-state index contributed by atoms with van der Waals surface area (Å²) in [4.78, 5) is 0. The Morgan fingerprint density at radius 1 is 1.18 bits per heavy atom. The van der Waals surface area contributed by atoms with E-state index in [9.17, 15) is 5.11 Å². The zero-order chi connectivity index (χ0) is 13.0. The lowest BCUT2D eigenvalue weighted by atomic mass is 9.99. The Morgan fingerprint density at radius 2 is 1.76 bits per heavy atom. The molecular formula is C12H24O5. The molecule has 0 spiro atoms. The van der Waals surface area contributed by atoms with E-state index in [1.54, 1.807) is 21.1 Å². The highest BCUT2D eigenvalue weighted by Crippen LogP contribution is 2.26. The Hall–Kier alpha value is -0.200. The molecule has 0 aliphatic carbocycles. The van der Waals surface area contributed by atoms with Gasteiger partial charge in [0, 0.05) is 14.2 Å². The molecule has 5 atom stereocenters. The Labute approximate surface area is 103 Å². The van der Waals surface area contributed by atoms with Gasteiger partial charge in [-0.3, -0.25) is 0 Å². The van der Waals surface area contributed by atoms with Crippen LogP contribution in [0.25, 0.3) is 0 Å². The molecule has 0 aromatic rings. The van der Waals surface area contributed by atoms with Crippen molar-refractivity contribution in [1.29, 1.82) is 0 Å². The number of hydrogen-bond acceptors (Lipinski definition) is 5. The topological polar surface area (TPSA) is 57.2 Å². The number of aliphatic hydroxyl groups is 1. The summed E-state index contributed by atoms with van der Waals surface area (Å²) >= 11 is 0. The predicted molar refractivity (Wildman–Crippen MR) is 62.7 cm³/mol. The highest BCUT2D eigenvalue weighted by Gasteiger charge is 2.44. The van der Waals surface area contributed by atoms with E-state index < -0.39 is 24.6 Å². The van der Waals surface area contributed by atoms with E-state index in [1.807, 2.05) is 0 Å². The highest BCUT2D eigenvalue weighted by molar-refractivity contribution is 4.89. The van der Waals surface area contributed by atoms with Gasteiger partial charge in [-0.2, -0.15) is 0 Å². The first-order valence-electron chi connectivity index (χ1n) is 6.02. The van der Waals surface area contributed by atoms with E-state index in [0.717, 1.165) is 0 Å². The van der Waals surface area contributed by atoms with Gasteiger partial charge in [0.15, 0.2) is 6.29 Å². The van der Waals surface area contributed by atoms with E-state index in [2.05, 4.69) is 13.8 Å². The molecule has 102 valence electrons. The summed E-state index contributed by atoms with van der Waals surface area (Å²) in [5, 5.41) is 9.95. The van der Waals surface area contributed by atoms with Gasteiger partial charge in [0.05, 0.1) is 12.7 Å². The fourth-order valence-corrected chi connectivity index (χ4v) is 1.93. The molecule has 4 unspecified atom stereocenters. The second kappa shape index (κ2) is 6.66. The molecule has 1 saturated heterocycles. The Morgan fingerprint density at radius 3 is 2.24 bits per heavy atom. The first-order valence-corrected chi connectivity index (χ1v) is 6.02. The maximum absolute atomic E-state index is 9.95. The summed E-state index contributed by atoms with van der Waals surface area (Å²) < 4.78 is 21.9. The maximum atomic E-state index is 9.95. The summed E-state index contributed by atoms with van der Waals surface area (Å²) in [5.74, 6) is 0.416. The molecule has 0 aromatic carbocycles. The van der Waals surface area contributed by atoms with Crippen LogP contribution >= 0.6 is 0 Å². The highest BCUT2D eigenvalue weighted by atomic mass is 16.7. The predicted octanol–water partition coefficient (Wildman–Crippen LogP) is 0.795. The van der Waals surface area contributed by atoms with Crippen molar-refractivity contribution < 1.29 is 24.1 Å². The molecule has 1 rings (SSSR count). The van der Waals surface area contributed by atoms with E-state index >= 15 is 0 Å². The molecule has 0 aromatic heterocycles. The Bertz CT molecular complexity index is 221. The SMILES string of the molecule is COC1C(OCC(C)C)OC(C)[C@H](O)C1OC. The number of hydrogen-bond donors (Lipinski definition) is 1. The molecule has 5 nitrogen and oxygen atoms in total. The van der Waals surface area contributed by atoms with E-state index in [1.165, 1.54) is 0 Å². The van der Waals surface area contributed by atoms with Crippen molar-refractivity contribution in [2.45, 2.75) is 51.5 Å². The van der Waals surface area contributed by atoms with Gasteiger partial charge in [0.2, 0.25) is 0 Å². The van der Waals surface area contributed by atoms with Crippen LogP contribution in [0.5, 0.6) is 0 Å². The fourth-order valence-electron chi connectivity index (χ4n) is 1.93. The van der Waals surface area contributed by atoms with Gasteiger partial charge < -0.3 is 24.1 Å². The van der Waals surface area contributed by atoms with Crippen LogP contribution in [0.3, 0.4) is 0 Å². The summed E-state index contributed by atoms with van der Waals surface area (Å²) in [5.41, 5.74) is 0. The van der Waals surface area contributed by atoms with Crippen molar-refractivity contribution in [3.8, 4) is 0 Å². The second-order valence-electron chi connectivity index (χ2n) is 4.83. The van der Waals surface area contributed by atoms with Crippen LogP contribution in [0.2, 0.25) is 0 Å². The molecule has 17 heavy (non-hydrogen) atoms. The van der Waals surface area contributed by atoms with Gasteiger partial charge in [0.1, 0.15) is 18.3 Å². The van der Waals surface area contributed by atoms with E-state index in [-0.39, 0.29) is 6.10 Å². The van der Waals surface area contributed by atoms with Gasteiger partial charge in [0.25, 0.3) is 0 Å². The van der Waals surface area contributed by atoms with Gasteiger partial charge in [-0.25, -0.2) is 0 Å². The van der Waals surface area contributed by atoms with Crippen LogP contribution in [0.4, 0.5) is 0 Å². The number of ether oxygens (including phenoxy) is 4. The smallest absolute Gasteiger partial charge is 0.186 e. The van der Waals surface area contributed by atoms with Crippen molar-refractivity contribution in [3.05, 3.63) is 0 Å². The lowest BCUT2D eigenvalue weighted by Crippen LogP contribution is -2.58. The largest absolute Gasteiger partial charge is 0.388 e. The van der Waals surface area contributed by atoms with Gasteiger partial charge in [-0.05, 0) is 12.8 Å². The van der Waals surface area contributed by atoms with Crippen LogP contribution in [-0.4, -0.2) is 56.6 Å². The summed E-state index contributed by atoms with van der Waals surface area (Å²) in [6, 6.07) is 0. The normalized spacial score (nSPS) is 38.6. The minimum absolute atomic E-state index is 0.330. The van der Waals surface area contributed by atoms with Crippen LogP contribution in [0, 0.1) is 5.92 Å². The van der Waals surface area contributed by atoms with Crippen LogP contribution in [0.15, 0.2) is 0 Å². The number of rotatable bonds is 5. The zero-order valence-electron chi connectivity index (χ0n) is 11.3. The molecule has 1 N–H and O–H groups in total. The molecule has 1 aliphatic rings. The molecule has 0 radical (unpaired) electrons. The summed E-state index contributed by atoms with van der Waals surface area (Å²) in [6.07, 6.45) is -2.37. The van der Waals surface area contributed by atoms with Crippen molar-refractivity contribution in [2.24, 2.45) is 5.92 Å². The van der Waals surface area contributed by atoms with Gasteiger partial charge in [-0.1, -0.05) is 13.8 Å². The maximum Gasteiger partial charge on any atom is 0.186 e. The average molecular weight is 248 g/mol. The fraction of sp³-hybridized carbons (Fsp3) is 1.00. The third-order valence-corrected chi connectivity index (χ3v) is 2.90. The average Bonchev–Trinajstić information content (AvgIpc) is 2.29. The molecule has 0 amide bonds. The molecule has 1 heterocycles. The number of methoxy groups -OCH3 is 2. The molecular weight excluding hydrogens is 224 g/mol. The summed E-state index contributed by atoms with van der Waals surface area (Å²) in [7, 11) is 3.12. The monoisotopic (exact) mass is 248 g/mol. The molecule has 1 fully saturated rings. The van der Waals surface area contributed by atoms with Crippen molar-refractivity contribution >= 4 is 0 Å². The first kappa shape index (κ1) is 14.9. The quantitative estimate of drug-likeness (QED) is 0.779. The second-order valence-corrected chi connectivity index (χ2v) is 4.83. The lowest BCUT2D eigenvalue weighted by Gasteiger charge is -2.42. The van der Waals surface area contributed by atoms with Crippen molar-refractivity contribution in [2.75, 3.05) is 20.8 Å². The lowest BCUT2D eigenvalue weighted by molar-refractivity contribution is -0.303. The van der Waals surface area contributed by atoms with E-state index in [0.29, 0.717) is 12.5 Å². The van der Waals surface area contributed by atoms with Crippen molar-refractivity contribution in [3.63, 3.8) is 0 Å². The molecule has 5 heteroatoms. The summed E-state index contributed by atoms with van der Waals surface area (Å²) in [6.45, 7) is 6.52. The van der Waals surface area contributed by atoms with Crippen molar-refractivity contribution in [1.82, 2.24) is 0 Å². The van der Waals surface area contributed by atoms with Crippen LogP contribution < -0.4 is 0 Å². The standard InChI is InChI=1S/C12H24O5/c1-7(2)6-16-12-11(15-5)10(14-4)9(13)8(3)17-12/h7-13H,6H2,1-5H3/t8?,9-,10?,11?,12?/m0/s1. The Balaban J connectivity index is 2.67. The Kier molecular flexibility index (Phi) is 5.82. The van der Waals surface area contributed by atoms with Crippen LogP contribution in [0.1, 0.15) is 20.8 Å². The minimum Gasteiger partial charge on any atom is -0.388 e. The van der Waals surface area contributed by atoms with E-state index in [4.69, 9.17) is 18.9 Å². The first-order chi connectivity index (χ1) is 8.01. The zero-order valence-corrected chi connectivity index (χ0v) is 11.3. The van der Waals surface area contributed by atoms with Gasteiger partial charge in [-0.15, -0.1) is 0 Å². The molecule has 1 aliphatic heterocycles.